The van der Waals surface area contributed by atoms with Gasteiger partial charge in [0.15, 0.2) is 0 Å². The van der Waals surface area contributed by atoms with Crippen LogP contribution in [0.1, 0.15) is 50.2 Å². The van der Waals surface area contributed by atoms with E-state index in [0.29, 0.717) is 25.5 Å². The zero-order valence-corrected chi connectivity index (χ0v) is 19.6. The lowest BCUT2D eigenvalue weighted by Gasteiger charge is -2.35. The van der Waals surface area contributed by atoms with Crippen LogP contribution in [0.3, 0.4) is 0 Å². The number of alkyl carbamates (subject to hydrolysis) is 1. The second kappa shape index (κ2) is 10.3. The van der Waals surface area contributed by atoms with Crippen LogP contribution >= 0.6 is 0 Å². The van der Waals surface area contributed by atoms with Gasteiger partial charge < -0.3 is 20.5 Å². The number of hydrogen-bond acceptors (Lipinski definition) is 4. The Balaban J connectivity index is 1.17. The van der Waals surface area contributed by atoms with Crippen LogP contribution in [0, 0.1) is 17.8 Å². The van der Waals surface area contributed by atoms with Crippen molar-refractivity contribution in [1.82, 2.24) is 10.6 Å². The standard InChI is InChI=1S/C27H32N2O5/c1-16(26(31)32)17(2)29-25(30)13-18-11-19(12-18)14-28-27(33)34-15-24-22-9-5-3-7-20(22)21-8-4-6-10-23(21)24/h3-10,16-19,24H,11-15H2,1-2H3,(H,28,33)(H,29,30)(H,31,32). The Hall–Kier alpha value is -3.35. The molecule has 2 aliphatic carbocycles. The monoisotopic (exact) mass is 464 g/mol. The first kappa shape index (κ1) is 23.8. The number of carbonyl (C=O) groups is 3. The fraction of sp³-hybridized carbons (Fsp3) is 0.444. The highest BCUT2D eigenvalue weighted by molar-refractivity contribution is 5.79. The van der Waals surface area contributed by atoms with Crippen LogP contribution in [-0.2, 0) is 14.3 Å². The topological polar surface area (TPSA) is 105 Å². The van der Waals surface area contributed by atoms with Gasteiger partial charge in [0.1, 0.15) is 6.61 Å². The van der Waals surface area contributed by atoms with E-state index in [-0.39, 0.29) is 17.7 Å². The third-order valence-corrected chi connectivity index (χ3v) is 7.21. The molecule has 2 aromatic rings. The molecule has 2 amide bonds. The summed E-state index contributed by atoms with van der Waals surface area (Å²) in [6.45, 7) is 4.11. The van der Waals surface area contributed by atoms with Crippen LogP contribution in [0.4, 0.5) is 4.79 Å². The first-order chi connectivity index (χ1) is 16.3. The number of carbonyl (C=O) groups excluding carboxylic acids is 2. The lowest BCUT2D eigenvalue weighted by atomic mass is 9.73. The number of hydrogen-bond donors (Lipinski definition) is 3. The molecule has 0 spiro atoms. The van der Waals surface area contributed by atoms with E-state index in [9.17, 15) is 14.4 Å². The number of benzene rings is 2. The van der Waals surface area contributed by atoms with E-state index in [1.807, 2.05) is 24.3 Å². The average molecular weight is 465 g/mol. The van der Waals surface area contributed by atoms with Crippen molar-refractivity contribution in [2.45, 2.75) is 45.1 Å². The first-order valence-corrected chi connectivity index (χ1v) is 11.9. The first-order valence-electron chi connectivity index (χ1n) is 11.9. The Bertz CT molecular complexity index is 1020. The van der Waals surface area contributed by atoms with E-state index in [0.717, 1.165) is 12.8 Å². The summed E-state index contributed by atoms with van der Waals surface area (Å²) in [4.78, 5) is 35.5. The fourth-order valence-corrected chi connectivity index (χ4v) is 5.00. The summed E-state index contributed by atoms with van der Waals surface area (Å²) in [6.07, 6.45) is 1.69. The Morgan fingerprint density at radius 3 is 2.15 bits per heavy atom. The lowest BCUT2D eigenvalue weighted by molar-refractivity contribution is -0.142. The summed E-state index contributed by atoms with van der Waals surface area (Å²) in [5.74, 6) is -1.03. The molecule has 0 saturated heterocycles. The average Bonchev–Trinajstić information content (AvgIpc) is 3.12. The van der Waals surface area contributed by atoms with E-state index in [4.69, 9.17) is 9.84 Å². The summed E-state index contributed by atoms with van der Waals surface area (Å²) in [5, 5.41) is 14.7. The van der Waals surface area contributed by atoms with Crippen LogP contribution in [0.2, 0.25) is 0 Å². The van der Waals surface area contributed by atoms with Gasteiger partial charge in [-0.3, -0.25) is 9.59 Å². The maximum absolute atomic E-state index is 12.3. The van der Waals surface area contributed by atoms with Crippen molar-refractivity contribution in [1.29, 1.82) is 0 Å². The van der Waals surface area contributed by atoms with Crippen LogP contribution in [0.25, 0.3) is 11.1 Å². The van der Waals surface area contributed by atoms with Crippen molar-refractivity contribution in [2.24, 2.45) is 17.8 Å². The van der Waals surface area contributed by atoms with Crippen molar-refractivity contribution < 1.29 is 24.2 Å². The molecule has 1 fully saturated rings. The smallest absolute Gasteiger partial charge is 0.407 e. The molecule has 7 nitrogen and oxygen atoms in total. The summed E-state index contributed by atoms with van der Waals surface area (Å²) >= 11 is 0. The minimum Gasteiger partial charge on any atom is -0.481 e. The number of amides is 2. The molecular formula is C27H32N2O5. The predicted octanol–water partition coefficient (Wildman–Crippen LogP) is 4.17. The Morgan fingerprint density at radius 2 is 1.56 bits per heavy atom. The van der Waals surface area contributed by atoms with Gasteiger partial charge in [0, 0.05) is 24.9 Å². The molecule has 34 heavy (non-hydrogen) atoms. The molecule has 7 heteroatoms. The second-order valence-electron chi connectivity index (χ2n) is 9.60. The minimum absolute atomic E-state index is 0.0379. The third kappa shape index (κ3) is 5.24. The van der Waals surface area contributed by atoms with E-state index in [1.54, 1.807) is 13.8 Å². The van der Waals surface area contributed by atoms with Crippen molar-refractivity contribution >= 4 is 18.0 Å². The van der Waals surface area contributed by atoms with Gasteiger partial charge in [-0.2, -0.15) is 0 Å². The molecule has 2 aromatic carbocycles. The molecule has 2 atom stereocenters. The second-order valence-corrected chi connectivity index (χ2v) is 9.60. The molecule has 0 bridgehead atoms. The third-order valence-electron chi connectivity index (χ3n) is 7.21. The molecule has 0 radical (unpaired) electrons. The van der Waals surface area contributed by atoms with Crippen LogP contribution in [-0.4, -0.2) is 42.3 Å². The zero-order valence-electron chi connectivity index (χ0n) is 19.6. The summed E-state index contributed by atoms with van der Waals surface area (Å²) < 4.78 is 5.57. The highest BCUT2D eigenvalue weighted by Crippen LogP contribution is 2.44. The fourth-order valence-electron chi connectivity index (χ4n) is 5.00. The van der Waals surface area contributed by atoms with Crippen LogP contribution in [0.15, 0.2) is 48.5 Å². The largest absolute Gasteiger partial charge is 0.481 e. The van der Waals surface area contributed by atoms with Gasteiger partial charge in [-0.05, 0) is 60.8 Å². The molecular weight excluding hydrogens is 432 g/mol. The summed E-state index contributed by atoms with van der Waals surface area (Å²) in [6, 6.07) is 16.1. The predicted molar refractivity (Wildman–Crippen MR) is 128 cm³/mol. The quantitative estimate of drug-likeness (QED) is 0.517. The Kier molecular flexibility index (Phi) is 7.20. The van der Waals surface area contributed by atoms with Crippen molar-refractivity contribution in [3.8, 4) is 11.1 Å². The van der Waals surface area contributed by atoms with E-state index >= 15 is 0 Å². The lowest BCUT2D eigenvalue weighted by Crippen LogP contribution is -2.42. The van der Waals surface area contributed by atoms with Gasteiger partial charge in [0.2, 0.25) is 5.91 Å². The Labute approximate surface area is 199 Å². The number of ether oxygens (including phenoxy) is 1. The van der Waals surface area contributed by atoms with Gasteiger partial charge in [0.25, 0.3) is 0 Å². The maximum Gasteiger partial charge on any atom is 0.407 e. The maximum atomic E-state index is 12.3. The highest BCUT2D eigenvalue weighted by Gasteiger charge is 2.32. The normalized spacial score (nSPS) is 20.3. The molecule has 2 unspecified atom stereocenters. The number of carboxylic acid groups (broad SMARTS) is 1. The van der Waals surface area contributed by atoms with Crippen molar-refractivity contribution in [3.63, 3.8) is 0 Å². The van der Waals surface area contributed by atoms with Gasteiger partial charge >= 0.3 is 12.1 Å². The van der Waals surface area contributed by atoms with Gasteiger partial charge in [-0.1, -0.05) is 48.5 Å². The van der Waals surface area contributed by atoms with Gasteiger partial charge in [0.05, 0.1) is 5.92 Å². The number of nitrogens with one attached hydrogen (secondary N) is 2. The Morgan fingerprint density at radius 1 is 0.971 bits per heavy atom. The number of rotatable bonds is 9. The summed E-state index contributed by atoms with van der Waals surface area (Å²) in [5.41, 5.74) is 4.76. The number of aliphatic carboxylic acids is 1. The molecule has 3 N–H and O–H groups in total. The molecule has 4 rings (SSSR count). The van der Waals surface area contributed by atoms with E-state index < -0.39 is 24.0 Å². The van der Waals surface area contributed by atoms with Crippen LogP contribution in [0.5, 0.6) is 0 Å². The molecule has 2 aliphatic rings. The van der Waals surface area contributed by atoms with Crippen LogP contribution < -0.4 is 10.6 Å². The molecule has 0 aromatic heterocycles. The molecule has 0 aliphatic heterocycles. The van der Waals surface area contributed by atoms with Crippen molar-refractivity contribution in [3.05, 3.63) is 59.7 Å². The van der Waals surface area contributed by atoms with E-state index in [1.165, 1.54) is 22.3 Å². The number of carboxylic acids is 1. The molecule has 180 valence electrons. The van der Waals surface area contributed by atoms with E-state index in [2.05, 4.69) is 34.9 Å². The minimum atomic E-state index is -0.921. The van der Waals surface area contributed by atoms with Gasteiger partial charge in [-0.15, -0.1) is 0 Å². The van der Waals surface area contributed by atoms with Crippen molar-refractivity contribution in [2.75, 3.05) is 13.2 Å². The molecule has 0 heterocycles. The molecule has 1 saturated carbocycles. The SMILES string of the molecule is CC(NC(=O)CC1CC(CNC(=O)OCC2c3ccccc3-c3ccccc32)C1)C(C)C(=O)O. The number of fused-ring (bicyclic) bond motifs is 3. The highest BCUT2D eigenvalue weighted by atomic mass is 16.5. The summed E-state index contributed by atoms with van der Waals surface area (Å²) in [7, 11) is 0. The zero-order chi connectivity index (χ0) is 24.2. The van der Waals surface area contributed by atoms with Gasteiger partial charge in [-0.25, -0.2) is 4.79 Å².